The molecule has 0 saturated heterocycles. The third-order valence-corrected chi connectivity index (χ3v) is 6.44. The van der Waals surface area contributed by atoms with E-state index in [0.717, 1.165) is 32.9 Å². The average Bonchev–Trinajstić information content (AvgIpc) is 2.95. The van der Waals surface area contributed by atoms with E-state index in [1.165, 1.54) is 12.1 Å². The molecule has 3 aromatic heterocycles. The summed E-state index contributed by atoms with van der Waals surface area (Å²) in [5, 5.41) is 2.46. The predicted molar refractivity (Wildman–Crippen MR) is 151 cm³/mol. The topological polar surface area (TPSA) is 122 Å². The second-order valence-electron chi connectivity index (χ2n) is 9.18. The summed E-state index contributed by atoms with van der Waals surface area (Å²) in [6, 6.07) is 13.6. The number of methoxy groups -OCH3 is 2. The Morgan fingerprint density at radius 1 is 0.949 bits per heavy atom. The Balaban J connectivity index is 1.39. The van der Waals surface area contributed by atoms with Crippen LogP contribution in [0.1, 0.15) is 0 Å². The van der Waals surface area contributed by atoms with Crippen LogP contribution in [0.25, 0.3) is 32.9 Å². The number of likely N-dealkylation sites (N-methyl/N-ethyl adjacent to an activating group) is 1. The van der Waals surface area contributed by atoms with E-state index in [1.807, 2.05) is 42.3 Å². The number of rotatable bonds is 9. The number of hydrogen-bond acceptors (Lipinski definition) is 9. The minimum atomic E-state index is -0.317. The number of nitrogen functional groups attached to an aromatic ring is 1. The van der Waals surface area contributed by atoms with Crippen LogP contribution in [-0.4, -0.2) is 55.4 Å². The van der Waals surface area contributed by atoms with Gasteiger partial charge in [-0.15, -0.1) is 0 Å². The summed E-state index contributed by atoms with van der Waals surface area (Å²) in [6.07, 6.45) is 5.02. The van der Waals surface area contributed by atoms with E-state index in [2.05, 4.69) is 15.0 Å². The molecule has 3 heterocycles. The predicted octanol–water partition coefficient (Wildman–Crippen LogP) is 4.43. The molecule has 0 saturated carbocycles. The molecule has 200 valence electrons. The SMILES string of the molecule is COc1cc2ncc3c(N)nc(-c4cncc(OC[C@@H](N)CN(C)c5cccc(F)c5)c4)cc3c2cc1OC. The van der Waals surface area contributed by atoms with E-state index in [1.54, 1.807) is 38.9 Å². The second kappa shape index (κ2) is 11.0. The fraction of sp³-hybridized carbons (Fsp3) is 0.207. The Kier molecular flexibility index (Phi) is 7.29. The molecule has 2 aromatic carbocycles. The van der Waals surface area contributed by atoms with Crippen molar-refractivity contribution in [3.05, 3.63) is 72.9 Å². The van der Waals surface area contributed by atoms with E-state index in [-0.39, 0.29) is 18.5 Å². The Labute approximate surface area is 225 Å². The van der Waals surface area contributed by atoms with Crippen molar-refractivity contribution in [1.29, 1.82) is 0 Å². The lowest BCUT2D eigenvalue weighted by atomic mass is 10.0. The molecule has 10 heteroatoms. The van der Waals surface area contributed by atoms with Crippen molar-refractivity contribution in [2.45, 2.75) is 6.04 Å². The highest BCUT2D eigenvalue weighted by molar-refractivity contribution is 6.10. The summed E-state index contributed by atoms with van der Waals surface area (Å²) in [5.41, 5.74) is 15.5. The molecule has 0 radical (unpaired) electrons. The molecule has 0 spiro atoms. The van der Waals surface area contributed by atoms with Crippen molar-refractivity contribution in [2.75, 3.05) is 45.1 Å². The van der Waals surface area contributed by atoms with Crippen LogP contribution in [0.5, 0.6) is 17.2 Å². The Bertz CT molecular complexity index is 1650. The average molecular weight is 529 g/mol. The molecule has 1 atom stereocenters. The van der Waals surface area contributed by atoms with Gasteiger partial charge in [-0.05, 0) is 41.8 Å². The number of pyridine rings is 3. The van der Waals surface area contributed by atoms with Crippen LogP contribution in [0.4, 0.5) is 15.9 Å². The van der Waals surface area contributed by atoms with Gasteiger partial charge in [-0.3, -0.25) is 9.97 Å². The first-order chi connectivity index (χ1) is 18.9. The standard InChI is InChI=1S/C29H29FN6O3/c1-36(20-6-4-5-18(30)8-20)15-19(31)16-39-21-7-17(12-33-13-21)25-9-22-23-10-27(37-2)28(38-3)11-26(23)34-14-24(22)29(32)35-25/h4-14,19H,15-16,31H2,1-3H3,(H2,32,35)/t19-/m0/s1. The lowest BCUT2D eigenvalue weighted by molar-refractivity contribution is 0.289. The Morgan fingerprint density at radius 3 is 2.51 bits per heavy atom. The highest BCUT2D eigenvalue weighted by Gasteiger charge is 2.15. The molecule has 0 amide bonds. The van der Waals surface area contributed by atoms with Gasteiger partial charge in [0.15, 0.2) is 11.5 Å². The van der Waals surface area contributed by atoms with Crippen molar-refractivity contribution >= 4 is 33.2 Å². The molecule has 5 aromatic rings. The minimum absolute atomic E-state index is 0.246. The van der Waals surface area contributed by atoms with Crippen LogP contribution < -0.4 is 30.6 Å². The number of anilines is 2. The number of nitrogens with zero attached hydrogens (tertiary/aromatic N) is 4. The summed E-state index contributed by atoms with van der Waals surface area (Å²) >= 11 is 0. The van der Waals surface area contributed by atoms with Crippen LogP contribution in [-0.2, 0) is 0 Å². The van der Waals surface area contributed by atoms with Crippen molar-refractivity contribution in [3.8, 4) is 28.5 Å². The number of hydrogen-bond donors (Lipinski definition) is 2. The monoisotopic (exact) mass is 528 g/mol. The molecule has 9 nitrogen and oxygen atoms in total. The normalized spacial score (nSPS) is 11.9. The smallest absolute Gasteiger partial charge is 0.162 e. The van der Waals surface area contributed by atoms with Crippen LogP contribution in [0.2, 0.25) is 0 Å². The fourth-order valence-corrected chi connectivity index (χ4v) is 4.47. The van der Waals surface area contributed by atoms with Gasteiger partial charge in [-0.25, -0.2) is 9.37 Å². The van der Waals surface area contributed by atoms with Gasteiger partial charge < -0.3 is 30.6 Å². The lowest BCUT2D eigenvalue weighted by Crippen LogP contribution is -2.39. The van der Waals surface area contributed by atoms with Crippen LogP contribution >= 0.6 is 0 Å². The van der Waals surface area contributed by atoms with E-state index in [9.17, 15) is 4.39 Å². The largest absolute Gasteiger partial charge is 0.493 e. The van der Waals surface area contributed by atoms with Gasteiger partial charge in [0.1, 0.15) is 24.0 Å². The van der Waals surface area contributed by atoms with Gasteiger partial charge in [0.05, 0.1) is 37.7 Å². The molecular weight excluding hydrogens is 499 g/mol. The van der Waals surface area contributed by atoms with Crippen LogP contribution in [0.15, 0.2) is 67.1 Å². The Morgan fingerprint density at radius 2 is 1.74 bits per heavy atom. The molecule has 4 N–H and O–H groups in total. The summed E-state index contributed by atoms with van der Waals surface area (Å²) in [7, 11) is 5.03. The van der Waals surface area contributed by atoms with E-state index < -0.39 is 0 Å². The number of nitrogens with two attached hydrogens (primary N) is 2. The zero-order valence-corrected chi connectivity index (χ0v) is 21.9. The highest BCUT2D eigenvalue weighted by Crippen LogP contribution is 2.37. The molecule has 0 aliphatic rings. The molecule has 39 heavy (non-hydrogen) atoms. The molecular formula is C29H29FN6O3. The third-order valence-electron chi connectivity index (χ3n) is 6.44. The summed E-state index contributed by atoms with van der Waals surface area (Å²) in [6.45, 7) is 0.727. The van der Waals surface area contributed by atoms with Gasteiger partial charge in [0.2, 0.25) is 0 Å². The van der Waals surface area contributed by atoms with E-state index in [4.69, 9.17) is 25.7 Å². The molecule has 0 unspecified atom stereocenters. The number of aromatic nitrogens is 3. The van der Waals surface area contributed by atoms with E-state index in [0.29, 0.717) is 35.3 Å². The molecule has 0 aliphatic heterocycles. The van der Waals surface area contributed by atoms with Crippen molar-refractivity contribution < 1.29 is 18.6 Å². The maximum atomic E-state index is 13.5. The van der Waals surface area contributed by atoms with Gasteiger partial charge in [-0.1, -0.05) is 6.07 Å². The summed E-state index contributed by atoms with van der Waals surface area (Å²) in [5.74, 6) is 1.78. The number of benzene rings is 2. The van der Waals surface area contributed by atoms with Gasteiger partial charge in [0.25, 0.3) is 0 Å². The summed E-state index contributed by atoms with van der Waals surface area (Å²) in [4.78, 5) is 15.3. The lowest BCUT2D eigenvalue weighted by Gasteiger charge is -2.23. The van der Waals surface area contributed by atoms with Crippen LogP contribution in [0, 0.1) is 5.82 Å². The number of fused-ring (bicyclic) bond motifs is 3. The molecule has 0 fully saturated rings. The van der Waals surface area contributed by atoms with Crippen molar-refractivity contribution in [3.63, 3.8) is 0 Å². The van der Waals surface area contributed by atoms with Crippen molar-refractivity contribution in [2.24, 2.45) is 5.73 Å². The molecule has 0 aliphatic carbocycles. The highest BCUT2D eigenvalue weighted by atomic mass is 19.1. The molecule has 0 bridgehead atoms. The van der Waals surface area contributed by atoms with Crippen LogP contribution in [0.3, 0.4) is 0 Å². The minimum Gasteiger partial charge on any atom is -0.493 e. The first kappa shape index (κ1) is 25.9. The maximum Gasteiger partial charge on any atom is 0.162 e. The number of halogens is 1. The summed E-state index contributed by atoms with van der Waals surface area (Å²) < 4.78 is 30.4. The first-order valence-electron chi connectivity index (χ1n) is 12.3. The van der Waals surface area contributed by atoms with E-state index >= 15 is 0 Å². The zero-order valence-electron chi connectivity index (χ0n) is 21.9. The van der Waals surface area contributed by atoms with Gasteiger partial charge in [-0.2, -0.15) is 0 Å². The van der Waals surface area contributed by atoms with Crippen molar-refractivity contribution in [1.82, 2.24) is 15.0 Å². The zero-order chi connectivity index (χ0) is 27.5. The Hall–Kier alpha value is -4.70. The maximum absolute atomic E-state index is 13.5. The number of ether oxygens (including phenoxy) is 3. The first-order valence-corrected chi connectivity index (χ1v) is 12.3. The second-order valence-corrected chi connectivity index (χ2v) is 9.18. The molecule has 5 rings (SSSR count). The van der Waals surface area contributed by atoms with Gasteiger partial charge in [0, 0.05) is 54.1 Å². The fourth-order valence-electron chi connectivity index (χ4n) is 4.47. The van der Waals surface area contributed by atoms with Gasteiger partial charge >= 0.3 is 0 Å². The third kappa shape index (κ3) is 5.46. The quantitative estimate of drug-likeness (QED) is 0.268.